The molecule has 30 heavy (non-hydrogen) atoms. The van der Waals surface area contributed by atoms with Crippen molar-refractivity contribution in [3.05, 3.63) is 30.3 Å². The van der Waals surface area contributed by atoms with Crippen LogP contribution < -0.4 is 4.74 Å². The molecule has 3 saturated heterocycles. The van der Waals surface area contributed by atoms with Gasteiger partial charge < -0.3 is 19.3 Å². The lowest BCUT2D eigenvalue weighted by Gasteiger charge is -2.36. The van der Waals surface area contributed by atoms with E-state index in [4.69, 9.17) is 9.47 Å². The van der Waals surface area contributed by atoms with E-state index in [9.17, 15) is 9.59 Å². The van der Waals surface area contributed by atoms with Crippen molar-refractivity contribution in [3.8, 4) is 5.75 Å². The lowest BCUT2D eigenvalue weighted by atomic mass is 9.78. The molecule has 2 amide bonds. The second kappa shape index (κ2) is 9.82. The number of hydrogen-bond acceptors (Lipinski definition) is 4. The number of carbonyl (C=O) groups excluding carboxylic acids is 2. The summed E-state index contributed by atoms with van der Waals surface area (Å²) in [6, 6.07) is 9.93. The molecule has 3 aliphatic rings. The zero-order valence-electron chi connectivity index (χ0n) is 18.0. The van der Waals surface area contributed by atoms with Crippen LogP contribution in [0.15, 0.2) is 30.3 Å². The first-order chi connectivity index (χ1) is 14.6. The Morgan fingerprint density at radius 1 is 1.00 bits per heavy atom. The van der Waals surface area contributed by atoms with Gasteiger partial charge >= 0.3 is 0 Å². The summed E-state index contributed by atoms with van der Waals surface area (Å²) in [6.07, 6.45) is 3.71. The molecule has 0 saturated carbocycles. The average molecular weight is 415 g/mol. The number of ether oxygens (including phenoxy) is 2. The summed E-state index contributed by atoms with van der Waals surface area (Å²) in [5, 5.41) is 0. The van der Waals surface area contributed by atoms with E-state index in [-0.39, 0.29) is 11.8 Å². The van der Waals surface area contributed by atoms with Crippen LogP contribution in [0.25, 0.3) is 0 Å². The van der Waals surface area contributed by atoms with Gasteiger partial charge in [-0.15, -0.1) is 0 Å². The van der Waals surface area contributed by atoms with E-state index in [0.29, 0.717) is 43.5 Å². The molecule has 0 bridgehead atoms. The standard InChI is InChI=1S/C24H34N2O4/c1-18(27)25-11-7-19(8-12-25)23-16-26(24(28)20-9-13-29-14-10-20)15-21(23)17-30-22-5-3-2-4-6-22/h2-6,19-21,23H,7-17H2,1H3. The van der Waals surface area contributed by atoms with E-state index in [0.717, 1.165) is 57.6 Å². The predicted octanol–water partition coefficient (Wildman–Crippen LogP) is 2.83. The molecule has 0 radical (unpaired) electrons. The zero-order chi connectivity index (χ0) is 20.9. The average Bonchev–Trinajstić information content (AvgIpc) is 3.23. The van der Waals surface area contributed by atoms with Crippen molar-refractivity contribution in [2.45, 2.75) is 32.6 Å². The predicted molar refractivity (Wildman–Crippen MR) is 114 cm³/mol. The van der Waals surface area contributed by atoms with Gasteiger partial charge in [0.2, 0.25) is 11.8 Å². The molecule has 0 spiro atoms. The van der Waals surface area contributed by atoms with E-state index >= 15 is 0 Å². The van der Waals surface area contributed by atoms with Crippen molar-refractivity contribution in [2.75, 3.05) is 46.0 Å². The highest BCUT2D eigenvalue weighted by molar-refractivity contribution is 5.79. The summed E-state index contributed by atoms with van der Waals surface area (Å²) in [7, 11) is 0. The molecule has 4 rings (SSSR count). The summed E-state index contributed by atoms with van der Waals surface area (Å²) < 4.78 is 11.6. The van der Waals surface area contributed by atoms with Gasteiger partial charge in [-0.2, -0.15) is 0 Å². The second-order valence-corrected chi connectivity index (χ2v) is 9.02. The highest BCUT2D eigenvalue weighted by Gasteiger charge is 2.42. The number of hydrogen-bond donors (Lipinski definition) is 0. The van der Waals surface area contributed by atoms with Gasteiger partial charge in [0.25, 0.3) is 0 Å². The monoisotopic (exact) mass is 414 g/mol. The molecule has 2 atom stereocenters. The SMILES string of the molecule is CC(=O)N1CCC(C2CN(C(=O)C3CCOCC3)CC2COc2ccccc2)CC1. The Bertz CT molecular complexity index is 711. The van der Waals surface area contributed by atoms with E-state index in [1.807, 2.05) is 35.2 Å². The van der Waals surface area contributed by atoms with Crippen LogP contribution in [0.3, 0.4) is 0 Å². The molecule has 0 aliphatic carbocycles. The van der Waals surface area contributed by atoms with Crippen LogP contribution in [0.1, 0.15) is 32.6 Å². The first-order valence-electron chi connectivity index (χ1n) is 11.4. The van der Waals surface area contributed by atoms with E-state index in [1.54, 1.807) is 6.92 Å². The highest BCUT2D eigenvalue weighted by atomic mass is 16.5. The molecular formula is C24H34N2O4. The third kappa shape index (κ3) is 4.97. The maximum Gasteiger partial charge on any atom is 0.225 e. The Kier molecular flexibility index (Phi) is 6.93. The molecule has 3 fully saturated rings. The maximum absolute atomic E-state index is 13.2. The van der Waals surface area contributed by atoms with E-state index < -0.39 is 0 Å². The van der Waals surface area contributed by atoms with Crippen molar-refractivity contribution >= 4 is 11.8 Å². The minimum absolute atomic E-state index is 0.104. The summed E-state index contributed by atoms with van der Waals surface area (Å²) in [6.45, 7) is 6.94. The fourth-order valence-corrected chi connectivity index (χ4v) is 5.35. The van der Waals surface area contributed by atoms with Gasteiger partial charge in [0, 0.05) is 58.2 Å². The Morgan fingerprint density at radius 3 is 2.37 bits per heavy atom. The number of piperidine rings is 1. The van der Waals surface area contributed by atoms with Crippen molar-refractivity contribution in [2.24, 2.45) is 23.7 Å². The molecular weight excluding hydrogens is 380 g/mol. The van der Waals surface area contributed by atoms with Crippen molar-refractivity contribution < 1.29 is 19.1 Å². The Balaban J connectivity index is 1.42. The van der Waals surface area contributed by atoms with Crippen LogP contribution in [0, 0.1) is 23.7 Å². The maximum atomic E-state index is 13.2. The van der Waals surface area contributed by atoms with Crippen LogP contribution in [-0.2, 0) is 14.3 Å². The molecule has 0 N–H and O–H groups in total. The van der Waals surface area contributed by atoms with Gasteiger partial charge in [0.15, 0.2) is 0 Å². The largest absolute Gasteiger partial charge is 0.493 e. The quantitative estimate of drug-likeness (QED) is 0.743. The Hall–Kier alpha value is -2.08. The van der Waals surface area contributed by atoms with Gasteiger partial charge in [-0.05, 0) is 49.7 Å². The summed E-state index contributed by atoms with van der Waals surface area (Å²) in [5.41, 5.74) is 0. The summed E-state index contributed by atoms with van der Waals surface area (Å²) in [4.78, 5) is 28.9. The zero-order valence-corrected chi connectivity index (χ0v) is 18.0. The van der Waals surface area contributed by atoms with Gasteiger partial charge in [-0.3, -0.25) is 9.59 Å². The molecule has 6 nitrogen and oxygen atoms in total. The molecule has 3 heterocycles. The smallest absolute Gasteiger partial charge is 0.225 e. The number of amides is 2. The molecule has 2 unspecified atom stereocenters. The number of benzene rings is 1. The van der Waals surface area contributed by atoms with Crippen LogP contribution in [0.2, 0.25) is 0 Å². The lowest BCUT2D eigenvalue weighted by Crippen LogP contribution is -2.41. The minimum atomic E-state index is 0.104. The molecule has 0 aromatic heterocycles. The third-order valence-electron chi connectivity index (χ3n) is 7.17. The van der Waals surface area contributed by atoms with Gasteiger partial charge in [-0.25, -0.2) is 0 Å². The molecule has 3 aliphatic heterocycles. The number of carbonyl (C=O) groups is 2. The first-order valence-corrected chi connectivity index (χ1v) is 11.4. The van der Waals surface area contributed by atoms with Crippen molar-refractivity contribution in [1.82, 2.24) is 9.80 Å². The fraction of sp³-hybridized carbons (Fsp3) is 0.667. The summed E-state index contributed by atoms with van der Waals surface area (Å²) in [5.74, 6) is 2.77. The number of rotatable bonds is 5. The van der Waals surface area contributed by atoms with E-state index in [2.05, 4.69) is 4.90 Å². The normalized spacial score (nSPS) is 26.0. The number of nitrogens with zero attached hydrogens (tertiary/aromatic N) is 2. The van der Waals surface area contributed by atoms with Gasteiger partial charge in [0.1, 0.15) is 5.75 Å². The van der Waals surface area contributed by atoms with E-state index in [1.165, 1.54) is 0 Å². The van der Waals surface area contributed by atoms with Crippen LogP contribution in [0.4, 0.5) is 0 Å². The van der Waals surface area contributed by atoms with Crippen LogP contribution >= 0.6 is 0 Å². The third-order valence-corrected chi connectivity index (χ3v) is 7.17. The van der Waals surface area contributed by atoms with Crippen molar-refractivity contribution in [3.63, 3.8) is 0 Å². The molecule has 1 aromatic carbocycles. The number of likely N-dealkylation sites (tertiary alicyclic amines) is 2. The lowest BCUT2D eigenvalue weighted by molar-refractivity contribution is -0.137. The molecule has 1 aromatic rings. The molecule has 6 heteroatoms. The van der Waals surface area contributed by atoms with Crippen LogP contribution in [-0.4, -0.2) is 67.6 Å². The topological polar surface area (TPSA) is 59.1 Å². The summed E-state index contributed by atoms with van der Waals surface area (Å²) >= 11 is 0. The van der Waals surface area contributed by atoms with Crippen molar-refractivity contribution in [1.29, 1.82) is 0 Å². The second-order valence-electron chi connectivity index (χ2n) is 9.02. The Morgan fingerprint density at radius 2 is 1.70 bits per heavy atom. The highest BCUT2D eigenvalue weighted by Crippen LogP contribution is 2.37. The number of para-hydroxylation sites is 1. The van der Waals surface area contributed by atoms with Gasteiger partial charge in [0.05, 0.1) is 6.61 Å². The fourth-order valence-electron chi connectivity index (χ4n) is 5.35. The minimum Gasteiger partial charge on any atom is -0.493 e. The van der Waals surface area contributed by atoms with Gasteiger partial charge in [-0.1, -0.05) is 18.2 Å². The van der Waals surface area contributed by atoms with Crippen LogP contribution in [0.5, 0.6) is 5.75 Å². The first kappa shape index (κ1) is 21.2. The molecule has 164 valence electrons. The Labute approximate surface area is 179 Å².